The molecule has 0 saturated carbocycles. The van der Waals surface area contributed by atoms with Crippen LogP contribution < -0.4 is 0 Å². The highest BCUT2D eigenvalue weighted by atomic mass is 32.2. The molecule has 3 heteroatoms. The van der Waals surface area contributed by atoms with Gasteiger partial charge in [0.2, 0.25) is 0 Å². The van der Waals surface area contributed by atoms with Crippen molar-refractivity contribution in [3.8, 4) is 5.75 Å². The summed E-state index contributed by atoms with van der Waals surface area (Å²) in [5.41, 5.74) is 2.26. The number of phenols is 1. The van der Waals surface area contributed by atoms with E-state index in [1.54, 1.807) is 30.8 Å². The predicted molar refractivity (Wildman–Crippen MR) is 84.3 cm³/mol. The van der Waals surface area contributed by atoms with E-state index in [4.69, 9.17) is 0 Å². The van der Waals surface area contributed by atoms with Gasteiger partial charge >= 0.3 is 0 Å². The molecular weight excluding hydrogens is 268 g/mol. The first-order valence-corrected chi connectivity index (χ1v) is 7.48. The summed E-state index contributed by atoms with van der Waals surface area (Å²) in [6.07, 6.45) is 3.91. The minimum Gasteiger partial charge on any atom is -0.508 e. The third-order valence-electron chi connectivity index (χ3n) is 2.99. The molecule has 0 aliphatic rings. The molecule has 0 spiro atoms. The van der Waals surface area contributed by atoms with Gasteiger partial charge in [0, 0.05) is 10.5 Å². The maximum atomic E-state index is 12.2. The molecule has 0 aliphatic heterocycles. The average Bonchev–Trinajstić information content (AvgIpc) is 2.48. The van der Waals surface area contributed by atoms with Gasteiger partial charge in [0.1, 0.15) is 5.75 Å². The van der Waals surface area contributed by atoms with E-state index < -0.39 is 0 Å². The molecule has 2 nitrogen and oxygen atoms in total. The van der Waals surface area contributed by atoms with E-state index in [9.17, 15) is 9.90 Å². The fourth-order valence-corrected chi connectivity index (χ4v) is 2.26. The molecule has 2 aromatic carbocycles. The van der Waals surface area contributed by atoms with Gasteiger partial charge in [0.25, 0.3) is 0 Å². The van der Waals surface area contributed by atoms with Gasteiger partial charge < -0.3 is 5.11 Å². The first-order chi connectivity index (χ1) is 9.60. The lowest BCUT2D eigenvalue weighted by molar-refractivity contribution is 0.103. The Labute approximate surface area is 123 Å². The standard InChI is InChI=1S/C17H16O2S/c1-12(11-13-3-9-16(20-2)10-4-13)17(19)14-5-7-15(18)8-6-14/h3-11,18H,1-2H3/b12-11+. The van der Waals surface area contributed by atoms with Gasteiger partial charge in [-0.25, -0.2) is 0 Å². The van der Waals surface area contributed by atoms with Crippen LogP contribution in [-0.4, -0.2) is 17.1 Å². The molecule has 2 aromatic rings. The van der Waals surface area contributed by atoms with Gasteiger partial charge in [-0.1, -0.05) is 12.1 Å². The highest BCUT2D eigenvalue weighted by Crippen LogP contribution is 2.18. The second kappa shape index (κ2) is 6.44. The Hall–Kier alpha value is -2.00. The lowest BCUT2D eigenvalue weighted by Gasteiger charge is -2.03. The van der Waals surface area contributed by atoms with Crippen molar-refractivity contribution in [2.24, 2.45) is 0 Å². The summed E-state index contributed by atoms with van der Waals surface area (Å²) in [6.45, 7) is 1.80. The highest BCUT2D eigenvalue weighted by Gasteiger charge is 2.07. The molecule has 102 valence electrons. The number of aromatic hydroxyl groups is 1. The van der Waals surface area contributed by atoms with Crippen molar-refractivity contribution in [2.45, 2.75) is 11.8 Å². The summed E-state index contributed by atoms with van der Waals surface area (Å²) in [4.78, 5) is 13.4. The molecule has 0 radical (unpaired) electrons. The highest BCUT2D eigenvalue weighted by molar-refractivity contribution is 7.98. The minimum absolute atomic E-state index is 0.0288. The summed E-state index contributed by atoms with van der Waals surface area (Å²) in [5.74, 6) is 0.134. The van der Waals surface area contributed by atoms with Crippen molar-refractivity contribution >= 4 is 23.6 Å². The van der Waals surface area contributed by atoms with Crippen LogP contribution >= 0.6 is 11.8 Å². The lowest BCUT2D eigenvalue weighted by atomic mass is 10.0. The van der Waals surface area contributed by atoms with Gasteiger partial charge in [-0.2, -0.15) is 0 Å². The first-order valence-electron chi connectivity index (χ1n) is 6.26. The van der Waals surface area contributed by atoms with Crippen LogP contribution in [0.5, 0.6) is 5.75 Å². The molecule has 0 amide bonds. The van der Waals surface area contributed by atoms with Crippen LogP contribution in [0.2, 0.25) is 0 Å². The average molecular weight is 284 g/mol. The number of carbonyl (C=O) groups is 1. The summed E-state index contributed by atoms with van der Waals surface area (Å²) in [5, 5.41) is 9.23. The van der Waals surface area contributed by atoms with E-state index in [-0.39, 0.29) is 11.5 Å². The fraction of sp³-hybridized carbons (Fsp3) is 0.118. The molecule has 0 bridgehead atoms. The molecule has 0 aliphatic carbocycles. The Morgan fingerprint density at radius 3 is 2.20 bits per heavy atom. The van der Waals surface area contributed by atoms with E-state index in [2.05, 4.69) is 0 Å². The Morgan fingerprint density at radius 1 is 1.05 bits per heavy atom. The number of rotatable bonds is 4. The SMILES string of the molecule is CSc1ccc(/C=C(\C)C(=O)c2ccc(O)cc2)cc1. The van der Waals surface area contributed by atoms with Crippen molar-refractivity contribution in [3.05, 3.63) is 65.2 Å². The zero-order valence-corrected chi connectivity index (χ0v) is 12.3. The number of hydrogen-bond donors (Lipinski definition) is 1. The number of carbonyl (C=O) groups excluding carboxylic acids is 1. The molecule has 0 unspecified atom stereocenters. The van der Waals surface area contributed by atoms with Gasteiger partial charge in [0.05, 0.1) is 0 Å². The Bertz CT molecular complexity index is 625. The van der Waals surface area contributed by atoms with E-state index in [0.717, 1.165) is 5.56 Å². The van der Waals surface area contributed by atoms with Crippen LogP contribution in [0.4, 0.5) is 0 Å². The van der Waals surface area contributed by atoms with Gasteiger partial charge in [-0.15, -0.1) is 11.8 Å². The van der Waals surface area contributed by atoms with Crippen molar-refractivity contribution in [1.82, 2.24) is 0 Å². The number of benzene rings is 2. The zero-order chi connectivity index (χ0) is 14.5. The quantitative estimate of drug-likeness (QED) is 0.513. The summed E-state index contributed by atoms with van der Waals surface area (Å²) in [6, 6.07) is 14.4. The smallest absolute Gasteiger partial charge is 0.188 e. The molecule has 2 rings (SSSR count). The molecule has 0 aromatic heterocycles. The number of ketones is 1. The first kappa shape index (κ1) is 14.4. The monoisotopic (exact) mass is 284 g/mol. The minimum atomic E-state index is -0.0288. The Morgan fingerprint density at radius 2 is 1.65 bits per heavy atom. The zero-order valence-electron chi connectivity index (χ0n) is 11.5. The van der Waals surface area contributed by atoms with Crippen LogP contribution in [0.25, 0.3) is 6.08 Å². The summed E-state index contributed by atoms with van der Waals surface area (Å²) < 4.78 is 0. The maximum absolute atomic E-state index is 12.2. The molecule has 0 fully saturated rings. The van der Waals surface area contributed by atoms with Crippen molar-refractivity contribution < 1.29 is 9.90 Å². The molecule has 0 saturated heterocycles. The predicted octanol–water partition coefficient (Wildman–Crippen LogP) is 4.40. The van der Waals surface area contributed by atoms with Crippen LogP contribution in [0.1, 0.15) is 22.8 Å². The van der Waals surface area contributed by atoms with E-state index in [1.807, 2.05) is 36.6 Å². The van der Waals surface area contributed by atoms with Gasteiger partial charge in [0.15, 0.2) is 5.78 Å². The molecule has 0 heterocycles. The van der Waals surface area contributed by atoms with Crippen molar-refractivity contribution in [3.63, 3.8) is 0 Å². The second-order valence-corrected chi connectivity index (χ2v) is 5.36. The van der Waals surface area contributed by atoms with Crippen LogP contribution in [-0.2, 0) is 0 Å². The molecule has 1 N–H and O–H groups in total. The van der Waals surface area contributed by atoms with E-state index in [0.29, 0.717) is 11.1 Å². The molecule has 20 heavy (non-hydrogen) atoms. The molecular formula is C17H16O2S. The van der Waals surface area contributed by atoms with E-state index >= 15 is 0 Å². The third-order valence-corrected chi connectivity index (χ3v) is 3.73. The van der Waals surface area contributed by atoms with Gasteiger partial charge in [-0.3, -0.25) is 4.79 Å². The normalized spacial score (nSPS) is 11.4. The second-order valence-electron chi connectivity index (χ2n) is 4.48. The van der Waals surface area contributed by atoms with Crippen molar-refractivity contribution in [2.75, 3.05) is 6.26 Å². The van der Waals surface area contributed by atoms with E-state index in [1.165, 1.54) is 17.0 Å². The Balaban J connectivity index is 2.20. The van der Waals surface area contributed by atoms with Crippen LogP contribution in [0.3, 0.4) is 0 Å². The van der Waals surface area contributed by atoms with Gasteiger partial charge in [-0.05, 0) is 66.8 Å². The number of thioether (sulfide) groups is 1. The third kappa shape index (κ3) is 3.52. The largest absolute Gasteiger partial charge is 0.508 e. The fourth-order valence-electron chi connectivity index (χ4n) is 1.86. The number of Topliss-reactive ketones (excluding diaryl/α,β-unsaturated/α-hetero) is 1. The van der Waals surface area contributed by atoms with Crippen molar-refractivity contribution in [1.29, 1.82) is 0 Å². The summed E-state index contributed by atoms with van der Waals surface area (Å²) >= 11 is 1.69. The summed E-state index contributed by atoms with van der Waals surface area (Å²) in [7, 11) is 0. The molecule has 0 atom stereocenters. The lowest BCUT2D eigenvalue weighted by Crippen LogP contribution is -1.99. The Kier molecular flexibility index (Phi) is 4.64. The van der Waals surface area contributed by atoms with Crippen LogP contribution in [0.15, 0.2) is 59.0 Å². The maximum Gasteiger partial charge on any atom is 0.188 e. The number of allylic oxidation sites excluding steroid dienone is 1. The number of phenolic OH excluding ortho intramolecular Hbond substituents is 1. The topological polar surface area (TPSA) is 37.3 Å². The number of hydrogen-bond acceptors (Lipinski definition) is 3. The van der Waals surface area contributed by atoms with Crippen LogP contribution in [0, 0.1) is 0 Å².